The van der Waals surface area contributed by atoms with E-state index in [-0.39, 0.29) is 11.4 Å². The van der Waals surface area contributed by atoms with Crippen LogP contribution in [-0.4, -0.2) is 23.5 Å². The van der Waals surface area contributed by atoms with Gasteiger partial charge in [-0.15, -0.1) is 0 Å². The standard InChI is InChI=1S/C14H16N4O2/c1-17(10-8-11-5-2-3-9-16-11)13-7-4-6-12(15)14(13)18(19)20/h2-7,9H,8,10,15H2,1H3. The number of para-hydroxylation sites is 1. The molecule has 0 aliphatic carbocycles. The van der Waals surface area contributed by atoms with Crippen LogP contribution in [0.4, 0.5) is 17.1 Å². The number of nitrogen functional groups attached to an aromatic ring is 1. The number of nitrogens with zero attached hydrogens (tertiary/aromatic N) is 3. The minimum absolute atomic E-state index is 0.0454. The molecule has 0 aliphatic heterocycles. The van der Waals surface area contributed by atoms with Gasteiger partial charge in [-0.05, 0) is 24.3 Å². The molecule has 0 saturated heterocycles. The maximum atomic E-state index is 11.1. The summed E-state index contributed by atoms with van der Waals surface area (Å²) < 4.78 is 0. The Balaban J connectivity index is 2.15. The molecule has 0 saturated carbocycles. The molecule has 2 N–H and O–H groups in total. The highest BCUT2D eigenvalue weighted by molar-refractivity contribution is 5.75. The molecule has 104 valence electrons. The Morgan fingerprint density at radius 1 is 1.30 bits per heavy atom. The van der Waals surface area contributed by atoms with Crippen LogP contribution in [0.25, 0.3) is 0 Å². The predicted octanol–water partition coefficient (Wildman–Crippen LogP) is 2.25. The molecule has 0 fully saturated rings. The number of pyridine rings is 1. The van der Waals surface area contributed by atoms with E-state index in [2.05, 4.69) is 4.98 Å². The van der Waals surface area contributed by atoms with E-state index in [1.54, 1.807) is 18.3 Å². The lowest BCUT2D eigenvalue weighted by atomic mass is 10.2. The summed E-state index contributed by atoms with van der Waals surface area (Å²) in [4.78, 5) is 16.7. The Hall–Kier alpha value is -2.63. The minimum atomic E-state index is -0.443. The molecule has 1 heterocycles. The third kappa shape index (κ3) is 3.03. The predicted molar refractivity (Wildman–Crippen MR) is 78.7 cm³/mol. The van der Waals surface area contributed by atoms with Gasteiger partial charge >= 0.3 is 5.69 Å². The summed E-state index contributed by atoms with van der Waals surface area (Å²) >= 11 is 0. The largest absolute Gasteiger partial charge is 0.393 e. The first-order valence-electron chi connectivity index (χ1n) is 6.23. The zero-order chi connectivity index (χ0) is 14.5. The molecule has 1 aromatic heterocycles. The molecule has 0 amide bonds. The lowest BCUT2D eigenvalue weighted by Crippen LogP contribution is -2.22. The molecule has 1 aromatic carbocycles. The SMILES string of the molecule is CN(CCc1ccccn1)c1cccc(N)c1[N+](=O)[O-]. The fourth-order valence-electron chi connectivity index (χ4n) is 2.00. The molecule has 20 heavy (non-hydrogen) atoms. The summed E-state index contributed by atoms with van der Waals surface area (Å²) in [5.74, 6) is 0. The molecule has 0 spiro atoms. The van der Waals surface area contributed by atoms with Gasteiger partial charge in [-0.25, -0.2) is 0 Å². The Labute approximate surface area is 117 Å². The van der Waals surface area contributed by atoms with Crippen LogP contribution in [0, 0.1) is 10.1 Å². The van der Waals surface area contributed by atoms with E-state index >= 15 is 0 Å². The number of rotatable bonds is 5. The van der Waals surface area contributed by atoms with Crippen molar-refractivity contribution in [3.8, 4) is 0 Å². The van der Waals surface area contributed by atoms with Crippen molar-refractivity contribution < 1.29 is 4.92 Å². The molecule has 0 bridgehead atoms. The highest BCUT2D eigenvalue weighted by atomic mass is 16.6. The summed E-state index contributed by atoms with van der Waals surface area (Å²) in [5.41, 5.74) is 7.29. The third-order valence-electron chi connectivity index (χ3n) is 3.07. The van der Waals surface area contributed by atoms with Crippen LogP contribution < -0.4 is 10.6 Å². The molecule has 0 atom stereocenters. The second-order valence-corrected chi connectivity index (χ2v) is 4.46. The zero-order valence-corrected chi connectivity index (χ0v) is 11.2. The Bertz CT molecular complexity index is 601. The average molecular weight is 272 g/mol. The lowest BCUT2D eigenvalue weighted by Gasteiger charge is -2.19. The van der Waals surface area contributed by atoms with Crippen molar-refractivity contribution in [3.63, 3.8) is 0 Å². The van der Waals surface area contributed by atoms with Gasteiger partial charge in [-0.1, -0.05) is 12.1 Å². The van der Waals surface area contributed by atoms with Crippen LogP contribution in [0.5, 0.6) is 0 Å². The average Bonchev–Trinajstić information content (AvgIpc) is 2.45. The first kappa shape index (κ1) is 13.8. The molecule has 6 heteroatoms. The molecular weight excluding hydrogens is 256 g/mol. The lowest BCUT2D eigenvalue weighted by molar-refractivity contribution is -0.383. The molecule has 0 unspecified atom stereocenters. The normalized spacial score (nSPS) is 10.2. The van der Waals surface area contributed by atoms with Crippen LogP contribution in [0.2, 0.25) is 0 Å². The van der Waals surface area contributed by atoms with E-state index in [9.17, 15) is 10.1 Å². The topological polar surface area (TPSA) is 85.3 Å². The van der Waals surface area contributed by atoms with Crippen molar-refractivity contribution in [3.05, 3.63) is 58.4 Å². The molecular formula is C14H16N4O2. The van der Waals surface area contributed by atoms with Gasteiger partial charge < -0.3 is 10.6 Å². The van der Waals surface area contributed by atoms with Crippen molar-refractivity contribution >= 4 is 17.1 Å². The van der Waals surface area contributed by atoms with Gasteiger partial charge in [0.2, 0.25) is 0 Å². The number of hydrogen-bond donors (Lipinski definition) is 1. The van der Waals surface area contributed by atoms with E-state index < -0.39 is 4.92 Å². The fourth-order valence-corrected chi connectivity index (χ4v) is 2.00. The second-order valence-electron chi connectivity index (χ2n) is 4.46. The van der Waals surface area contributed by atoms with Crippen molar-refractivity contribution in [1.82, 2.24) is 4.98 Å². The number of aromatic nitrogens is 1. The number of nitro groups is 1. The van der Waals surface area contributed by atoms with Crippen LogP contribution in [0.15, 0.2) is 42.6 Å². The van der Waals surface area contributed by atoms with Crippen LogP contribution in [-0.2, 0) is 6.42 Å². The highest BCUT2D eigenvalue weighted by Gasteiger charge is 2.20. The minimum Gasteiger partial charge on any atom is -0.393 e. The van der Waals surface area contributed by atoms with Gasteiger partial charge in [0.15, 0.2) is 0 Å². The number of nitro benzene ring substituents is 1. The Morgan fingerprint density at radius 2 is 2.10 bits per heavy atom. The van der Waals surface area contributed by atoms with Gasteiger partial charge in [-0.2, -0.15) is 0 Å². The molecule has 6 nitrogen and oxygen atoms in total. The summed E-state index contributed by atoms with van der Waals surface area (Å²) in [7, 11) is 1.81. The summed E-state index contributed by atoms with van der Waals surface area (Å²) in [6.07, 6.45) is 2.45. The highest BCUT2D eigenvalue weighted by Crippen LogP contribution is 2.32. The monoisotopic (exact) mass is 272 g/mol. The number of nitrogens with two attached hydrogens (primary N) is 1. The maximum Gasteiger partial charge on any atom is 0.315 e. The van der Waals surface area contributed by atoms with Gasteiger partial charge in [0.1, 0.15) is 11.4 Å². The molecule has 0 radical (unpaired) electrons. The van der Waals surface area contributed by atoms with Crippen molar-refractivity contribution in [1.29, 1.82) is 0 Å². The zero-order valence-electron chi connectivity index (χ0n) is 11.2. The van der Waals surface area contributed by atoms with Gasteiger partial charge in [0.05, 0.1) is 4.92 Å². The third-order valence-corrected chi connectivity index (χ3v) is 3.07. The quantitative estimate of drug-likeness (QED) is 0.512. The van der Waals surface area contributed by atoms with Gasteiger partial charge in [0.25, 0.3) is 0 Å². The van der Waals surface area contributed by atoms with E-state index in [0.29, 0.717) is 18.7 Å². The smallest absolute Gasteiger partial charge is 0.315 e. The van der Waals surface area contributed by atoms with Crippen molar-refractivity contribution in [2.24, 2.45) is 0 Å². The van der Waals surface area contributed by atoms with E-state index in [1.165, 1.54) is 6.07 Å². The summed E-state index contributed by atoms with van der Waals surface area (Å²) in [6.45, 7) is 0.626. The maximum absolute atomic E-state index is 11.1. The van der Waals surface area contributed by atoms with E-state index in [4.69, 9.17) is 5.73 Å². The first-order valence-corrected chi connectivity index (χ1v) is 6.23. The van der Waals surface area contributed by atoms with Crippen molar-refractivity contribution in [2.75, 3.05) is 24.2 Å². The number of benzene rings is 1. The Kier molecular flexibility index (Phi) is 4.14. The van der Waals surface area contributed by atoms with Crippen molar-refractivity contribution in [2.45, 2.75) is 6.42 Å². The number of hydrogen-bond acceptors (Lipinski definition) is 5. The summed E-state index contributed by atoms with van der Waals surface area (Å²) in [6, 6.07) is 10.7. The first-order chi connectivity index (χ1) is 9.59. The molecule has 2 rings (SSSR count). The number of anilines is 2. The molecule has 2 aromatic rings. The second kappa shape index (κ2) is 6.01. The number of likely N-dealkylation sites (N-methyl/N-ethyl adjacent to an activating group) is 1. The Morgan fingerprint density at radius 3 is 2.75 bits per heavy atom. The fraction of sp³-hybridized carbons (Fsp3) is 0.214. The van der Waals surface area contributed by atoms with Gasteiger partial charge in [-0.3, -0.25) is 15.1 Å². The van der Waals surface area contributed by atoms with Crippen LogP contribution in [0.1, 0.15) is 5.69 Å². The summed E-state index contributed by atoms with van der Waals surface area (Å²) in [5, 5.41) is 11.1. The van der Waals surface area contributed by atoms with Crippen LogP contribution in [0.3, 0.4) is 0 Å². The van der Waals surface area contributed by atoms with E-state index in [1.807, 2.05) is 30.1 Å². The van der Waals surface area contributed by atoms with Crippen LogP contribution >= 0.6 is 0 Å². The van der Waals surface area contributed by atoms with E-state index in [0.717, 1.165) is 5.69 Å². The van der Waals surface area contributed by atoms with Gasteiger partial charge in [0, 0.05) is 31.9 Å². The molecule has 0 aliphatic rings.